The molecule has 1 atom stereocenters. The molecule has 1 aromatic rings. The lowest BCUT2D eigenvalue weighted by atomic mass is 9.89. The SMILES string of the molecule is O=C1Nc2cccc(Br)c2C1NCC1CCCCC1. The average molecular weight is 323 g/mol. The zero-order chi connectivity index (χ0) is 13.2. The Morgan fingerprint density at radius 2 is 2.05 bits per heavy atom. The average Bonchev–Trinajstić information content (AvgIpc) is 2.75. The summed E-state index contributed by atoms with van der Waals surface area (Å²) >= 11 is 3.55. The summed E-state index contributed by atoms with van der Waals surface area (Å²) in [5, 5.41) is 6.40. The van der Waals surface area contributed by atoms with Gasteiger partial charge in [-0.2, -0.15) is 0 Å². The number of anilines is 1. The number of carbonyl (C=O) groups excluding carboxylic acids is 1. The number of hydrogen-bond acceptors (Lipinski definition) is 2. The van der Waals surface area contributed by atoms with Gasteiger partial charge in [0, 0.05) is 15.7 Å². The van der Waals surface area contributed by atoms with Crippen molar-refractivity contribution >= 4 is 27.5 Å². The highest BCUT2D eigenvalue weighted by Crippen LogP contribution is 2.36. The number of benzene rings is 1. The zero-order valence-corrected chi connectivity index (χ0v) is 12.5. The van der Waals surface area contributed by atoms with Crippen LogP contribution in [0.1, 0.15) is 43.7 Å². The van der Waals surface area contributed by atoms with Crippen LogP contribution in [0.2, 0.25) is 0 Å². The van der Waals surface area contributed by atoms with Crippen LogP contribution in [0, 0.1) is 5.92 Å². The van der Waals surface area contributed by atoms with E-state index in [1.54, 1.807) is 0 Å². The number of amides is 1. The fraction of sp³-hybridized carbons (Fsp3) is 0.533. The van der Waals surface area contributed by atoms with Gasteiger partial charge in [-0.15, -0.1) is 0 Å². The molecule has 0 bridgehead atoms. The summed E-state index contributed by atoms with van der Waals surface area (Å²) in [6.45, 7) is 0.943. The van der Waals surface area contributed by atoms with Crippen molar-refractivity contribution < 1.29 is 4.79 Å². The van der Waals surface area contributed by atoms with E-state index in [0.29, 0.717) is 0 Å². The predicted molar refractivity (Wildman–Crippen MR) is 80.1 cm³/mol. The van der Waals surface area contributed by atoms with E-state index in [4.69, 9.17) is 0 Å². The zero-order valence-electron chi connectivity index (χ0n) is 10.9. The second-order valence-corrected chi connectivity index (χ2v) is 6.39. The van der Waals surface area contributed by atoms with Crippen LogP contribution in [0.5, 0.6) is 0 Å². The molecule has 1 heterocycles. The number of hydrogen-bond donors (Lipinski definition) is 2. The van der Waals surface area contributed by atoms with Crippen molar-refractivity contribution in [1.82, 2.24) is 5.32 Å². The van der Waals surface area contributed by atoms with Gasteiger partial charge in [0.1, 0.15) is 6.04 Å². The summed E-state index contributed by atoms with van der Waals surface area (Å²) in [6, 6.07) is 5.70. The predicted octanol–water partition coefficient (Wildman–Crippen LogP) is 3.61. The topological polar surface area (TPSA) is 41.1 Å². The molecule has 1 aliphatic carbocycles. The van der Waals surface area contributed by atoms with Crippen LogP contribution in [-0.4, -0.2) is 12.5 Å². The lowest BCUT2D eigenvalue weighted by molar-refractivity contribution is -0.117. The van der Waals surface area contributed by atoms with Gasteiger partial charge in [-0.25, -0.2) is 0 Å². The number of nitrogens with one attached hydrogen (secondary N) is 2. The Balaban J connectivity index is 1.70. The van der Waals surface area contributed by atoms with Crippen LogP contribution < -0.4 is 10.6 Å². The van der Waals surface area contributed by atoms with E-state index in [1.807, 2.05) is 18.2 Å². The first-order chi connectivity index (χ1) is 9.25. The molecular weight excluding hydrogens is 304 g/mol. The minimum absolute atomic E-state index is 0.0673. The Kier molecular flexibility index (Phi) is 3.89. The van der Waals surface area contributed by atoms with Crippen molar-refractivity contribution in [3.8, 4) is 0 Å². The normalized spacial score (nSPS) is 23.2. The molecule has 4 heteroatoms. The fourth-order valence-corrected chi connectivity index (χ4v) is 3.74. The number of rotatable bonds is 3. The first-order valence-electron chi connectivity index (χ1n) is 7.08. The summed E-state index contributed by atoms with van der Waals surface area (Å²) in [5.74, 6) is 0.797. The fourth-order valence-electron chi connectivity index (χ4n) is 3.15. The Bertz CT molecular complexity index is 483. The number of fused-ring (bicyclic) bond motifs is 1. The molecule has 1 unspecified atom stereocenters. The highest BCUT2D eigenvalue weighted by atomic mass is 79.9. The lowest BCUT2D eigenvalue weighted by Crippen LogP contribution is -2.32. The Labute approximate surface area is 122 Å². The molecule has 0 radical (unpaired) electrons. The van der Waals surface area contributed by atoms with E-state index >= 15 is 0 Å². The molecule has 3 nitrogen and oxygen atoms in total. The molecule has 2 N–H and O–H groups in total. The first kappa shape index (κ1) is 13.1. The molecule has 0 spiro atoms. The monoisotopic (exact) mass is 322 g/mol. The maximum absolute atomic E-state index is 12.1. The van der Waals surface area contributed by atoms with Gasteiger partial charge in [-0.05, 0) is 37.4 Å². The second-order valence-electron chi connectivity index (χ2n) is 5.54. The molecule has 19 heavy (non-hydrogen) atoms. The largest absolute Gasteiger partial charge is 0.324 e. The van der Waals surface area contributed by atoms with Gasteiger partial charge in [0.25, 0.3) is 0 Å². The number of halogens is 1. The Morgan fingerprint density at radius 1 is 1.26 bits per heavy atom. The van der Waals surface area contributed by atoms with Crippen molar-refractivity contribution in [1.29, 1.82) is 0 Å². The van der Waals surface area contributed by atoms with Gasteiger partial charge in [-0.1, -0.05) is 41.3 Å². The molecule has 1 saturated carbocycles. The molecule has 102 valence electrons. The van der Waals surface area contributed by atoms with E-state index in [1.165, 1.54) is 32.1 Å². The summed E-state index contributed by atoms with van der Waals surface area (Å²) in [6.07, 6.45) is 6.64. The van der Waals surface area contributed by atoms with Crippen LogP contribution in [0.4, 0.5) is 5.69 Å². The molecule has 2 aliphatic rings. The molecule has 1 fully saturated rings. The van der Waals surface area contributed by atoms with Gasteiger partial charge < -0.3 is 10.6 Å². The lowest BCUT2D eigenvalue weighted by Gasteiger charge is -2.23. The summed E-state index contributed by atoms with van der Waals surface area (Å²) in [7, 11) is 0. The van der Waals surface area contributed by atoms with Crippen LogP contribution in [0.15, 0.2) is 22.7 Å². The summed E-state index contributed by atoms with van der Waals surface area (Å²) in [4.78, 5) is 12.1. The van der Waals surface area contributed by atoms with Crippen molar-refractivity contribution in [2.24, 2.45) is 5.92 Å². The van der Waals surface area contributed by atoms with Crippen molar-refractivity contribution in [2.45, 2.75) is 38.1 Å². The van der Waals surface area contributed by atoms with Crippen LogP contribution in [-0.2, 0) is 4.79 Å². The molecule has 3 rings (SSSR count). The third-order valence-corrected chi connectivity index (χ3v) is 4.89. The third-order valence-electron chi connectivity index (χ3n) is 4.20. The van der Waals surface area contributed by atoms with Gasteiger partial charge in [0.15, 0.2) is 0 Å². The van der Waals surface area contributed by atoms with Gasteiger partial charge in [0.2, 0.25) is 5.91 Å². The van der Waals surface area contributed by atoms with E-state index in [9.17, 15) is 4.79 Å². The standard InChI is InChI=1S/C15H19BrN2O/c16-11-7-4-8-12-13(11)14(15(19)18-12)17-9-10-5-2-1-3-6-10/h4,7-8,10,14,17H,1-3,5-6,9H2,(H,18,19). The molecule has 1 aliphatic heterocycles. The molecule has 1 aromatic carbocycles. The van der Waals surface area contributed by atoms with E-state index < -0.39 is 0 Å². The smallest absolute Gasteiger partial charge is 0.246 e. The highest BCUT2D eigenvalue weighted by Gasteiger charge is 2.32. The van der Waals surface area contributed by atoms with Crippen molar-refractivity contribution in [2.75, 3.05) is 11.9 Å². The highest BCUT2D eigenvalue weighted by molar-refractivity contribution is 9.10. The maximum atomic E-state index is 12.1. The van der Waals surface area contributed by atoms with Crippen LogP contribution in [0.3, 0.4) is 0 Å². The molecule has 0 saturated heterocycles. The third kappa shape index (κ3) is 2.70. The maximum Gasteiger partial charge on any atom is 0.246 e. The van der Waals surface area contributed by atoms with Crippen molar-refractivity contribution in [3.63, 3.8) is 0 Å². The van der Waals surface area contributed by atoms with E-state index in [0.717, 1.165) is 28.2 Å². The molecular formula is C15H19BrN2O. The van der Waals surface area contributed by atoms with Gasteiger partial charge >= 0.3 is 0 Å². The number of carbonyl (C=O) groups is 1. The molecule has 0 aromatic heterocycles. The van der Waals surface area contributed by atoms with Gasteiger partial charge in [0.05, 0.1) is 0 Å². The Hall–Kier alpha value is -0.870. The quantitative estimate of drug-likeness (QED) is 0.892. The van der Waals surface area contributed by atoms with Crippen LogP contribution >= 0.6 is 15.9 Å². The minimum atomic E-state index is -0.201. The van der Waals surface area contributed by atoms with Crippen LogP contribution in [0.25, 0.3) is 0 Å². The first-order valence-corrected chi connectivity index (χ1v) is 7.87. The Morgan fingerprint density at radius 3 is 2.84 bits per heavy atom. The summed E-state index contributed by atoms with van der Waals surface area (Å²) < 4.78 is 1.00. The van der Waals surface area contributed by atoms with Gasteiger partial charge in [-0.3, -0.25) is 4.79 Å². The minimum Gasteiger partial charge on any atom is -0.324 e. The summed E-state index contributed by atoms with van der Waals surface area (Å²) in [5.41, 5.74) is 1.99. The van der Waals surface area contributed by atoms with Crippen molar-refractivity contribution in [3.05, 3.63) is 28.2 Å². The van der Waals surface area contributed by atoms with E-state index in [-0.39, 0.29) is 11.9 Å². The van der Waals surface area contributed by atoms with E-state index in [2.05, 4.69) is 26.6 Å². The second kappa shape index (κ2) is 5.63. The molecule has 1 amide bonds.